The van der Waals surface area contributed by atoms with Crippen LogP contribution in [-0.4, -0.2) is 45.5 Å². The predicted octanol–water partition coefficient (Wildman–Crippen LogP) is 2.21. The molecule has 1 saturated heterocycles. The third-order valence-electron chi connectivity index (χ3n) is 3.91. The summed E-state index contributed by atoms with van der Waals surface area (Å²) in [7, 11) is 0. The fraction of sp³-hybridized carbons (Fsp3) is 0.267. The molecule has 0 bridgehead atoms. The summed E-state index contributed by atoms with van der Waals surface area (Å²) in [4.78, 5) is 18.0. The Morgan fingerprint density at radius 1 is 0.818 bits per heavy atom. The van der Waals surface area contributed by atoms with Crippen LogP contribution in [0.2, 0.25) is 0 Å². The van der Waals surface area contributed by atoms with Gasteiger partial charge in [0, 0.05) is 57.2 Å². The summed E-state index contributed by atoms with van der Waals surface area (Å²) in [6.45, 7) is 3.64. The highest BCUT2D eigenvalue weighted by atomic mass is 79.9. The number of rotatable bonds is 2. The van der Waals surface area contributed by atoms with E-state index in [2.05, 4.69) is 40.7 Å². The van der Waals surface area contributed by atoms with E-state index in [4.69, 9.17) is 0 Å². The number of aromatic nitrogens is 4. The van der Waals surface area contributed by atoms with Crippen molar-refractivity contribution >= 4 is 33.2 Å². The molecule has 6 nitrogen and oxygen atoms in total. The van der Waals surface area contributed by atoms with Gasteiger partial charge in [-0.05, 0) is 28.1 Å². The quantitative estimate of drug-likeness (QED) is 0.702. The summed E-state index contributed by atoms with van der Waals surface area (Å²) in [5, 5.41) is 0. The van der Waals surface area contributed by atoms with Crippen LogP contribution in [0.15, 0.2) is 47.6 Å². The van der Waals surface area contributed by atoms with Crippen LogP contribution in [0.1, 0.15) is 0 Å². The number of hydrogen-bond donors (Lipinski definition) is 0. The maximum atomic E-state index is 4.52. The smallest absolute Gasteiger partial charge is 0.180 e. The molecule has 112 valence electrons. The molecule has 1 aliphatic rings. The first kappa shape index (κ1) is 13.5. The molecule has 3 aromatic heterocycles. The fourth-order valence-electron chi connectivity index (χ4n) is 2.80. The van der Waals surface area contributed by atoms with Gasteiger partial charge >= 0.3 is 0 Å². The Morgan fingerprint density at radius 2 is 1.45 bits per heavy atom. The van der Waals surface area contributed by atoms with E-state index >= 15 is 0 Å². The minimum absolute atomic E-state index is 0.905. The Morgan fingerprint density at radius 3 is 2.18 bits per heavy atom. The molecular formula is C15H15BrN6. The third-order valence-corrected chi connectivity index (χ3v) is 4.53. The first-order chi connectivity index (χ1) is 10.8. The van der Waals surface area contributed by atoms with Crippen molar-refractivity contribution in [2.45, 2.75) is 0 Å². The lowest BCUT2D eigenvalue weighted by Crippen LogP contribution is -2.47. The van der Waals surface area contributed by atoms with Crippen LogP contribution in [0.4, 0.5) is 11.6 Å². The highest BCUT2D eigenvalue weighted by molar-refractivity contribution is 9.10. The molecule has 1 fully saturated rings. The zero-order valence-corrected chi connectivity index (χ0v) is 13.5. The Kier molecular flexibility index (Phi) is 3.42. The van der Waals surface area contributed by atoms with E-state index in [1.807, 2.05) is 47.5 Å². The number of anilines is 2. The standard InChI is InChI=1S/C15H15BrN6/c16-12-2-1-3-17-13(12)21-8-10-22(11-9-21)15-14-18-4-6-20(14)7-5-19-15/h1-7H,8-11H2. The van der Waals surface area contributed by atoms with Crippen LogP contribution in [0.3, 0.4) is 0 Å². The molecule has 22 heavy (non-hydrogen) atoms. The van der Waals surface area contributed by atoms with Gasteiger partial charge in [0.1, 0.15) is 5.82 Å². The molecule has 0 saturated carbocycles. The number of pyridine rings is 1. The molecule has 0 aromatic carbocycles. The third kappa shape index (κ3) is 2.31. The van der Waals surface area contributed by atoms with E-state index < -0.39 is 0 Å². The SMILES string of the molecule is Brc1cccnc1N1CCN(c2nccn3ccnc23)CC1. The van der Waals surface area contributed by atoms with Gasteiger partial charge in [-0.3, -0.25) is 0 Å². The second kappa shape index (κ2) is 5.57. The molecule has 4 rings (SSSR count). The van der Waals surface area contributed by atoms with Crippen molar-refractivity contribution in [3.8, 4) is 0 Å². The maximum absolute atomic E-state index is 4.52. The molecular weight excluding hydrogens is 344 g/mol. The molecule has 4 heterocycles. The van der Waals surface area contributed by atoms with Crippen molar-refractivity contribution in [1.82, 2.24) is 19.4 Å². The van der Waals surface area contributed by atoms with Crippen molar-refractivity contribution in [2.24, 2.45) is 0 Å². The van der Waals surface area contributed by atoms with Crippen molar-refractivity contribution in [2.75, 3.05) is 36.0 Å². The first-order valence-corrected chi connectivity index (χ1v) is 8.00. The molecule has 7 heteroatoms. The average molecular weight is 359 g/mol. The van der Waals surface area contributed by atoms with Crippen LogP contribution in [0, 0.1) is 0 Å². The zero-order chi connectivity index (χ0) is 14.9. The Balaban J connectivity index is 1.55. The summed E-state index contributed by atoms with van der Waals surface area (Å²) >= 11 is 3.58. The topological polar surface area (TPSA) is 49.6 Å². The lowest BCUT2D eigenvalue weighted by atomic mass is 10.3. The Hall–Kier alpha value is -2.15. The molecule has 0 unspecified atom stereocenters. The number of nitrogens with zero attached hydrogens (tertiary/aromatic N) is 6. The van der Waals surface area contributed by atoms with Gasteiger partial charge in [0.05, 0.1) is 4.47 Å². The van der Waals surface area contributed by atoms with E-state index in [0.29, 0.717) is 0 Å². The van der Waals surface area contributed by atoms with Gasteiger partial charge in [-0.15, -0.1) is 0 Å². The number of fused-ring (bicyclic) bond motifs is 1. The molecule has 0 radical (unpaired) electrons. The summed E-state index contributed by atoms with van der Waals surface area (Å²) in [5.74, 6) is 1.96. The second-order valence-corrected chi connectivity index (χ2v) is 6.05. The van der Waals surface area contributed by atoms with Gasteiger partial charge in [0.15, 0.2) is 11.5 Å². The lowest BCUT2D eigenvalue weighted by Gasteiger charge is -2.36. The van der Waals surface area contributed by atoms with Gasteiger partial charge in [0.25, 0.3) is 0 Å². The first-order valence-electron chi connectivity index (χ1n) is 7.21. The van der Waals surface area contributed by atoms with Gasteiger partial charge in [-0.2, -0.15) is 0 Å². The van der Waals surface area contributed by atoms with Crippen LogP contribution in [0.5, 0.6) is 0 Å². The molecule has 3 aromatic rings. The van der Waals surface area contributed by atoms with E-state index in [0.717, 1.165) is 47.9 Å². The molecule has 1 aliphatic heterocycles. The molecule has 0 amide bonds. The van der Waals surface area contributed by atoms with Crippen molar-refractivity contribution < 1.29 is 0 Å². The van der Waals surface area contributed by atoms with Gasteiger partial charge in [-0.1, -0.05) is 0 Å². The molecule has 0 aliphatic carbocycles. The van der Waals surface area contributed by atoms with E-state index in [1.165, 1.54) is 0 Å². The average Bonchev–Trinajstić information content (AvgIpc) is 3.04. The van der Waals surface area contributed by atoms with Crippen molar-refractivity contribution in [1.29, 1.82) is 0 Å². The predicted molar refractivity (Wildman–Crippen MR) is 89.4 cm³/mol. The Bertz CT molecular complexity index is 793. The molecule has 0 atom stereocenters. The highest BCUT2D eigenvalue weighted by Gasteiger charge is 2.22. The number of hydrogen-bond acceptors (Lipinski definition) is 5. The van der Waals surface area contributed by atoms with Crippen LogP contribution >= 0.6 is 15.9 Å². The monoisotopic (exact) mass is 358 g/mol. The molecule has 0 N–H and O–H groups in total. The number of piperazine rings is 1. The van der Waals surface area contributed by atoms with E-state index in [-0.39, 0.29) is 0 Å². The van der Waals surface area contributed by atoms with Crippen LogP contribution in [-0.2, 0) is 0 Å². The summed E-state index contributed by atoms with van der Waals surface area (Å²) in [6.07, 6.45) is 9.33. The fourth-order valence-corrected chi connectivity index (χ4v) is 3.31. The van der Waals surface area contributed by atoms with E-state index in [9.17, 15) is 0 Å². The number of imidazole rings is 1. The minimum Gasteiger partial charge on any atom is -0.352 e. The van der Waals surface area contributed by atoms with Crippen LogP contribution < -0.4 is 9.80 Å². The second-order valence-electron chi connectivity index (χ2n) is 5.19. The van der Waals surface area contributed by atoms with Crippen molar-refractivity contribution in [3.05, 3.63) is 47.6 Å². The lowest BCUT2D eigenvalue weighted by molar-refractivity contribution is 0.641. The minimum atomic E-state index is 0.905. The maximum Gasteiger partial charge on any atom is 0.180 e. The van der Waals surface area contributed by atoms with Crippen molar-refractivity contribution in [3.63, 3.8) is 0 Å². The van der Waals surface area contributed by atoms with Crippen LogP contribution in [0.25, 0.3) is 5.65 Å². The van der Waals surface area contributed by atoms with Gasteiger partial charge < -0.3 is 14.2 Å². The zero-order valence-electron chi connectivity index (χ0n) is 11.9. The van der Waals surface area contributed by atoms with Gasteiger partial charge in [0.2, 0.25) is 0 Å². The normalized spacial score (nSPS) is 15.5. The summed E-state index contributed by atoms with van der Waals surface area (Å²) < 4.78 is 3.04. The summed E-state index contributed by atoms with van der Waals surface area (Å²) in [6, 6.07) is 3.97. The van der Waals surface area contributed by atoms with Gasteiger partial charge in [-0.25, -0.2) is 15.0 Å². The largest absolute Gasteiger partial charge is 0.352 e. The summed E-state index contributed by atoms with van der Waals surface area (Å²) in [5.41, 5.74) is 0.912. The van der Waals surface area contributed by atoms with E-state index in [1.54, 1.807) is 0 Å². The Labute approximate surface area is 136 Å². The highest BCUT2D eigenvalue weighted by Crippen LogP contribution is 2.25. The molecule has 0 spiro atoms. The number of halogens is 1.